The fraction of sp³-hybridized carbons (Fsp3) is 0.263. The Labute approximate surface area is 144 Å². The van der Waals surface area contributed by atoms with Crippen LogP contribution < -0.4 is 10.4 Å². The highest BCUT2D eigenvalue weighted by Crippen LogP contribution is 2.30. The van der Waals surface area contributed by atoms with E-state index in [0.717, 1.165) is 35.5 Å². The summed E-state index contributed by atoms with van der Waals surface area (Å²) in [5.74, 6) is 1.67. The summed E-state index contributed by atoms with van der Waals surface area (Å²) in [5.41, 5.74) is 4.01. The van der Waals surface area contributed by atoms with Crippen LogP contribution in [-0.4, -0.2) is 25.7 Å². The van der Waals surface area contributed by atoms with Crippen LogP contribution in [0.15, 0.2) is 47.6 Å². The standard InChI is InChI=1S/C19H18BrNO2/c1-22-17-10-15-14(18(20)19(17)23-2)7-6-12-9-13-5-3-4-8-21(13)11-16(12)15/h3-7,9H,8,10-11H2,1-2H3. The molecular formula is C19H18BrNO2. The van der Waals surface area contributed by atoms with Gasteiger partial charge in [-0.25, -0.2) is 0 Å². The zero-order valence-corrected chi connectivity index (χ0v) is 14.8. The smallest absolute Gasteiger partial charge is 0.171 e. The molecule has 0 unspecified atom stereocenters. The monoisotopic (exact) mass is 371 g/mol. The van der Waals surface area contributed by atoms with E-state index in [-0.39, 0.29) is 0 Å². The Morgan fingerprint density at radius 3 is 2.78 bits per heavy atom. The van der Waals surface area contributed by atoms with Crippen LogP contribution in [0.1, 0.15) is 11.1 Å². The Hall–Kier alpha value is -1.94. The van der Waals surface area contributed by atoms with Gasteiger partial charge in [0.1, 0.15) is 5.76 Å². The van der Waals surface area contributed by atoms with Gasteiger partial charge in [0, 0.05) is 25.2 Å². The summed E-state index contributed by atoms with van der Waals surface area (Å²) in [4.78, 5) is 2.40. The van der Waals surface area contributed by atoms with E-state index in [4.69, 9.17) is 9.47 Å². The number of rotatable bonds is 2. The summed E-state index contributed by atoms with van der Waals surface area (Å²) in [6.07, 6.45) is 9.55. The van der Waals surface area contributed by atoms with E-state index in [9.17, 15) is 0 Å². The van der Waals surface area contributed by atoms with Crippen LogP contribution in [-0.2, 0) is 22.4 Å². The molecular weight excluding hydrogens is 354 g/mol. The zero-order valence-electron chi connectivity index (χ0n) is 13.2. The third-order valence-electron chi connectivity index (χ3n) is 4.69. The van der Waals surface area contributed by atoms with Crippen LogP contribution in [0.3, 0.4) is 0 Å². The first-order valence-electron chi connectivity index (χ1n) is 7.68. The molecule has 0 atom stereocenters. The van der Waals surface area contributed by atoms with Gasteiger partial charge in [-0.1, -0.05) is 24.3 Å². The van der Waals surface area contributed by atoms with E-state index in [0.29, 0.717) is 0 Å². The molecule has 118 valence electrons. The number of hydrogen-bond donors (Lipinski definition) is 0. The van der Waals surface area contributed by atoms with Crippen molar-refractivity contribution in [1.29, 1.82) is 0 Å². The minimum absolute atomic E-state index is 0.768. The van der Waals surface area contributed by atoms with Gasteiger partial charge in [-0.15, -0.1) is 0 Å². The maximum Gasteiger partial charge on any atom is 0.171 e. The second kappa shape index (κ2) is 5.60. The molecule has 4 rings (SSSR count). The lowest BCUT2D eigenvalue weighted by Gasteiger charge is -2.32. The molecule has 23 heavy (non-hydrogen) atoms. The van der Waals surface area contributed by atoms with Crippen molar-refractivity contribution >= 4 is 26.5 Å². The number of ether oxygens (including phenoxy) is 2. The van der Waals surface area contributed by atoms with Crippen molar-refractivity contribution in [2.75, 3.05) is 20.8 Å². The molecule has 0 fully saturated rings. The van der Waals surface area contributed by atoms with Gasteiger partial charge in [0.25, 0.3) is 0 Å². The highest BCUT2D eigenvalue weighted by Gasteiger charge is 2.25. The lowest BCUT2D eigenvalue weighted by molar-refractivity contribution is 0.227. The first kappa shape index (κ1) is 14.6. The van der Waals surface area contributed by atoms with E-state index in [1.807, 2.05) is 0 Å². The highest BCUT2D eigenvalue weighted by atomic mass is 79.9. The van der Waals surface area contributed by atoms with Crippen LogP contribution >= 0.6 is 15.9 Å². The molecule has 0 amide bonds. The highest BCUT2D eigenvalue weighted by molar-refractivity contribution is 9.15. The van der Waals surface area contributed by atoms with Gasteiger partial charge in [-0.3, -0.25) is 0 Å². The number of fused-ring (bicyclic) bond motifs is 4. The number of benzene rings is 1. The molecule has 0 spiro atoms. The number of halogens is 1. The molecule has 1 aliphatic carbocycles. The van der Waals surface area contributed by atoms with Gasteiger partial charge in [0.15, 0.2) is 5.76 Å². The van der Waals surface area contributed by atoms with E-state index >= 15 is 0 Å². The van der Waals surface area contributed by atoms with E-state index in [1.165, 1.54) is 27.3 Å². The molecule has 1 aromatic rings. The second-order valence-corrected chi connectivity index (χ2v) is 6.65. The maximum absolute atomic E-state index is 5.58. The van der Waals surface area contributed by atoms with Crippen molar-refractivity contribution in [1.82, 2.24) is 4.90 Å². The van der Waals surface area contributed by atoms with Crippen LogP contribution in [0.5, 0.6) is 0 Å². The molecule has 0 saturated carbocycles. The molecule has 0 N–H and O–H groups in total. The number of nitrogens with zero attached hydrogens (tertiary/aromatic N) is 1. The van der Waals surface area contributed by atoms with Gasteiger partial charge in [-0.2, -0.15) is 0 Å². The van der Waals surface area contributed by atoms with Crippen molar-refractivity contribution in [2.45, 2.75) is 13.0 Å². The van der Waals surface area contributed by atoms with Crippen LogP contribution in [0.4, 0.5) is 0 Å². The molecule has 0 bridgehead atoms. The fourth-order valence-corrected chi connectivity index (χ4v) is 4.26. The molecule has 2 heterocycles. The van der Waals surface area contributed by atoms with Gasteiger partial charge < -0.3 is 14.4 Å². The number of methoxy groups -OCH3 is 2. The Bertz CT molecular complexity index is 893. The molecule has 0 radical (unpaired) electrons. The third-order valence-corrected chi connectivity index (χ3v) is 5.48. The zero-order chi connectivity index (χ0) is 16.0. The topological polar surface area (TPSA) is 21.7 Å². The predicted molar refractivity (Wildman–Crippen MR) is 94.9 cm³/mol. The normalized spacial score (nSPS) is 18.7. The lowest BCUT2D eigenvalue weighted by atomic mass is 9.92. The molecule has 0 aromatic heterocycles. The van der Waals surface area contributed by atoms with E-state index < -0.39 is 0 Å². The number of hydrogen-bond acceptors (Lipinski definition) is 3. The first-order valence-corrected chi connectivity index (χ1v) is 8.48. The maximum atomic E-state index is 5.58. The molecule has 0 saturated heterocycles. The van der Waals surface area contributed by atoms with Crippen molar-refractivity contribution in [3.05, 3.63) is 69.1 Å². The largest absolute Gasteiger partial charge is 0.497 e. The summed E-state index contributed by atoms with van der Waals surface area (Å²) in [5, 5.41) is 2.51. The molecule has 3 aliphatic rings. The van der Waals surface area contributed by atoms with Crippen LogP contribution in [0.25, 0.3) is 10.6 Å². The third kappa shape index (κ3) is 2.24. The van der Waals surface area contributed by atoms with Crippen LogP contribution in [0, 0.1) is 0 Å². The summed E-state index contributed by atoms with van der Waals surface area (Å²) < 4.78 is 12.1. The minimum atomic E-state index is 0.768. The average Bonchev–Trinajstić information content (AvgIpc) is 2.59. The molecule has 3 nitrogen and oxygen atoms in total. The van der Waals surface area contributed by atoms with E-state index in [1.54, 1.807) is 14.2 Å². The SMILES string of the molecule is COC1=C(OC)C(Br)=c2ccc3c(c2C1)CN1CC=CC=C1C=3. The van der Waals surface area contributed by atoms with Crippen molar-refractivity contribution < 1.29 is 9.47 Å². The Balaban J connectivity index is 1.95. The Morgan fingerprint density at radius 1 is 1.13 bits per heavy atom. The quantitative estimate of drug-likeness (QED) is 0.795. The summed E-state index contributed by atoms with van der Waals surface area (Å²) in [7, 11) is 3.39. The van der Waals surface area contributed by atoms with E-state index in [2.05, 4.69) is 57.3 Å². The average molecular weight is 372 g/mol. The lowest BCUT2D eigenvalue weighted by Crippen LogP contribution is -2.36. The molecule has 2 aliphatic heterocycles. The Kier molecular flexibility index (Phi) is 3.57. The second-order valence-electron chi connectivity index (χ2n) is 5.86. The number of allylic oxidation sites excluding steroid dienone is 5. The van der Waals surface area contributed by atoms with Gasteiger partial charge in [0.05, 0.1) is 18.7 Å². The fourth-order valence-electron chi connectivity index (χ4n) is 3.51. The Morgan fingerprint density at radius 2 is 2.00 bits per heavy atom. The van der Waals surface area contributed by atoms with Gasteiger partial charge in [-0.05, 0) is 49.6 Å². The molecule has 1 aromatic carbocycles. The first-order chi connectivity index (χ1) is 11.2. The van der Waals surface area contributed by atoms with Crippen molar-refractivity contribution in [2.24, 2.45) is 0 Å². The van der Waals surface area contributed by atoms with Gasteiger partial charge in [0.2, 0.25) is 0 Å². The summed E-state index contributed by atoms with van der Waals surface area (Å²) in [6, 6.07) is 4.38. The van der Waals surface area contributed by atoms with Crippen molar-refractivity contribution in [3.8, 4) is 0 Å². The van der Waals surface area contributed by atoms with Gasteiger partial charge >= 0.3 is 0 Å². The summed E-state index contributed by atoms with van der Waals surface area (Å²) >= 11 is 3.70. The predicted octanol–water partition coefficient (Wildman–Crippen LogP) is 2.30. The minimum Gasteiger partial charge on any atom is -0.497 e. The van der Waals surface area contributed by atoms with Crippen LogP contribution in [0.2, 0.25) is 0 Å². The summed E-state index contributed by atoms with van der Waals surface area (Å²) in [6.45, 7) is 1.90. The molecule has 4 heteroatoms. The van der Waals surface area contributed by atoms with Crippen molar-refractivity contribution in [3.63, 3.8) is 0 Å².